The Labute approximate surface area is 129 Å². The van der Waals surface area contributed by atoms with Crippen LogP contribution in [0.25, 0.3) is 0 Å². The zero-order chi connectivity index (χ0) is 15.2. The van der Waals surface area contributed by atoms with Gasteiger partial charge in [0.1, 0.15) is 0 Å². The van der Waals surface area contributed by atoms with Crippen molar-refractivity contribution in [2.45, 2.75) is 38.0 Å². The molecule has 1 aromatic heterocycles. The molecule has 2 N–H and O–H groups in total. The lowest BCUT2D eigenvalue weighted by Crippen LogP contribution is -2.36. The highest BCUT2D eigenvalue weighted by molar-refractivity contribution is 5.87. The van der Waals surface area contributed by atoms with Gasteiger partial charge in [-0.2, -0.15) is 0 Å². The number of aliphatic hydroxyl groups is 1. The van der Waals surface area contributed by atoms with Gasteiger partial charge in [0, 0.05) is 36.3 Å². The Bertz CT molecular complexity index is 589. The van der Waals surface area contributed by atoms with Gasteiger partial charge in [-0.3, -0.25) is 5.32 Å². The molecule has 2 amide bonds. The molecule has 2 heterocycles. The molecule has 0 unspecified atom stereocenters. The summed E-state index contributed by atoms with van der Waals surface area (Å²) in [7, 11) is 0. The van der Waals surface area contributed by atoms with Crippen LogP contribution in [0.3, 0.4) is 0 Å². The average Bonchev–Trinajstić information content (AvgIpc) is 3.19. The molecule has 22 heavy (non-hydrogen) atoms. The number of rotatable bonds is 3. The minimum absolute atomic E-state index is 0.0753. The summed E-state index contributed by atoms with van der Waals surface area (Å²) in [5.74, 6) is 1.37. The molecule has 1 aromatic rings. The second-order valence-electron chi connectivity index (χ2n) is 7.00. The van der Waals surface area contributed by atoms with Gasteiger partial charge in [0.15, 0.2) is 0 Å². The van der Waals surface area contributed by atoms with Crippen LogP contribution in [-0.2, 0) is 0 Å². The number of hydrogen-bond donors (Lipinski definition) is 2. The smallest absolute Gasteiger partial charge is 0.324 e. The number of amides is 2. The summed E-state index contributed by atoms with van der Waals surface area (Å²) in [4.78, 5) is 22.9. The molecule has 3 fully saturated rings. The quantitative estimate of drug-likeness (QED) is 0.895. The van der Waals surface area contributed by atoms with Crippen molar-refractivity contribution in [3.05, 3.63) is 18.0 Å². The van der Waals surface area contributed by atoms with Gasteiger partial charge in [-0.05, 0) is 37.7 Å². The molecule has 1 aliphatic heterocycles. The number of likely N-dealkylation sites (tertiary alicyclic amines) is 1. The molecule has 2 aliphatic carbocycles. The molecular formula is C16H22N4O2. The minimum Gasteiger partial charge on any atom is -0.396 e. The van der Waals surface area contributed by atoms with Crippen LogP contribution in [0.5, 0.6) is 0 Å². The first kappa shape index (κ1) is 13.9. The molecule has 0 spiro atoms. The summed E-state index contributed by atoms with van der Waals surface area (Å²) in [6.45, 7) is 1.55. The number of nitrogens with one attached hydrogen (secondary N) is 1. The highest BCUT2D eigenvalue weighted by Crippen LogP contribution is 2.48. The largest absolute Gasteiger partial charge is 0.396 e. The number of urea groups is 1. The Kier molecular flexibility index (Phi) is 3.29. The molecule has 2 atom stereocenters. The monoisotopic (exact) mass is 302 g/mol. The molecule has 118 valence electrons. The maximum Gasteiger partial charge on any atom is 0.324 e. The first-order valence-electron chi connectivity index (χ1n) is 8.20. The SMILES string of the molecule is O=C(Nc1nccc(C2CC2)n1)N1C[C@@H]2CCC[C@]2(CO)C1. The van der Waals surface area contributed by atoms with E-state index in [0.29, 0.717) is 24.3 Å². The Hall–Kier alpha value is -1.69. The molecular weight excluding hydrogens is 280 g/mol. The van der Waals surface area contributed by atoms with Gasteiger partial charge in [0.2, 0.25) is 5.95 Å². The Morgan fingerprint density at radius 2 is 2.32 bits per heavy atom. The van der Waals surface area contributed by atoms with Crippen LogP contribution >= 0.6 is 0 Å². The van der Waals surface area contributed by atoms with Gasteiger partial charge in [-0.1, -0.05) is 6.42 Å². The first-order chi connectivity index (χ1) is 10.7. The minimum atomic E-state index is -0.143. The van der Waals surface area contributed by atoms with E-state index >= 15 is 0 Å². The number of fused-ring (bicyclic) bond motifs is 1. The van der Waals surface area contributed by atoms with Crippen molar-refractivity contribution in [1.29, 1.82) is 0 Å². The third kappa shape index (κ3) is 2.35. The van der Waals surface area contributed by atoms with E-state index in [4.69, 9.17) is 0 Å². The normalized spacial score (nSPS) is 30.4. The summed E-state index contributed by atoms with van der Waals surface area (Å²) in [6.07, 6.45) is 7.36. The Morgan fingerprint density at radius 3 is 3.05 bits per heavy atom. The fourth-order valence-corrected chi connectivity index (χ4v) is 4.04. The van der Waals surface area contributed by atoms with E-state index in [0.717, 1.165) is 31.5 Å². The van der Waals surface area contributed by atoms with Gasteiger partial charge in [0.05, 0.1) is 6.61 Å². The van der Waals surface area contributed by atoms with Crippen LogP contribution in [0.4, 0.5) is 10.7 Å². The van der Waals surface area contributed by atoms with Crippen LogP contribution in [0.15, 0.2) is 12.3 Å². The van der Waals surface area contributed by atoms with E-state index in [9.17, 15) is 9.90 Å². The van der Waals surface area contributed by atoms with Crippen molar-refractivity contribution < 1.29 is 9.90 Å². The van der Waals surface area contributed by atoms with Gasteiger partial charge < -0.3 is 10.0 Å². The molecule has 0 aromatic carbocycles. The number of anilines is 1. The van der Waals surface area contributed by atoms with Crippen molar-refractivity contribution in [3.63, 3.8) is 0 Å². The van der Waals surface area contributed by atoms with Gasteiger partial charge >= 0.3 is 6.03 Å². The maximum atomic E-state index is 12.5. The van der Waals surface area contributed by atoms with Crippen molar-refractivity contribution in [3.8, 4) is 0 Å². The second-order valence-corrected chi connectivity index (χ2v) is 7.00. The molecule has 2 saturated carbocycles. The van der Waals surface area contributed by atoms with E-state index in [1.807, 2.05) is 11.0 Å². The van der Waals surface area contributed by atoms with Crippen LogP contribution in [0.2, 0.25) is 0 Å². The topological polar surface area (TPSA) is 78.4 Å². The molecule has 1 saturated heterocycles. The Morgan fingerprint density at radius 1 is 1.45 bits per heavy atom. The summed E-state index contributed by atoms with van der Waals surface area (Å²) in [6, 6.07) is 1.78. The molecule has 6 nitrogen and oxygen atoms in total. The lowest BCUT2D eigenvalue weighted by Gasteiger charge is -2.25. The number of carbonyl (C=O) groups is 1. The van der Waals surface area contributed by atoms with E-state index in [1.54, 1.807) is 6.20 Å². The highest BCUT2D eigenvalue weighted by atomic mass is 16.3. The summed E-state index contributed by atoms with van der Waals surface area (Å²) in [5.41, 5.74) is 0.948. The summed E-state index contributed by atoms with van der Waals surface area (Å²) >= 11 is 0. The first-order valence-corrected chi connectivity index (χ1v) is 8.20. The van der Waals surface area contributed by atoms with Crippen molar-refractivity contribution in [2.75, 3.05) is 25.0 Å². The lowest BCUT2D eigenvalue weighted by atomic mass is 9.82. The zero-order valence-corrected chi connectivity index (χ0v) is 12.7. The van der Waals surface area contributed by atoms with E-state index < -0.39 is 0 Å². The maximum absolute atomic E-state index is 12.5. The van der Waals surface area contributed by atoms with Crippen molar-refractivity contribution in [2.24, 2.45) is 11.3 Å². The second kappa shape index (κ2) is 5.19. The summed E-state index contributed by atoms with van der Waals surface area (Å²) < 4.78 is 0. The summed E-state index contributed by atoms with van der Waals surface area (Å²) in [5, 5.41) is 12.6. The van der Waals surface area contributed by atoms with Gasteiger partial charge in [-0.15, -0.1) is 0 Å². The van der Waals surface area contributed by atoms with Gasteiger partial charge in [0.25, 0.3) is 0 Å². The predicted molar refractivity (Wildman–Crippen MR) is 81.5 cm³/mol. The third-order valence-electron chi connectivity index (χ3n) is 5.53. The number of hydrogen-bond acceptors (Lipinski definition) is 4. The van der Waals surface area contributed by atoms with Crippen LogP contribution in [0, 0.1) is 11.3 Å². The highest BCUT2D eigenvalue weighted by Gasteiger charge is 2.50. The number of aliphatic hydroxyl groups excluding tert-OH is 1. The van der Waals surface area contributed by atoms with Gasteiger partial charge in [-0.25, -0.2) is 14.8 Å². The third-order valence-corrected chi connectivity index (χ3v) is 5.53. The van der Waals surface area contributed by atoms with E-state index in [1.165, 1.54) is 12.8 Å². The van der Waals surface area contributed by atoms with Crippen molar-refractivity contribution in [1.82, 2.24) is 14.9 Å². The zero-order valence-electron chi connectivity index (χ0n) is 12.7. The molecule has 4 rings (SSSR count). The van der Waals surface area contributed by atoms with E-state index in [-0.39, 0.29) is 18.1 Å². The fraction of sp³-hybridized carbons (Fsp3) is 0.688. The standard InChI is InChI=1S/C16H22N4O2/c21-10-16-6-1-2-12(16)8-20(9-16)15(22)19-14-17-7-5-13(18-14)11-3-4-11/h5,7,11-12,21H,1-4,6,8-10H2,(H,17,18,19,22)/t12-,16+/m0/s1. The fourth-order valence-electron chi connectivity index (χ4n) is 4.04. The lowest BCUT2D eigenvalue weighted by molar-refractivity contribution is 0.114. The number of carbonyl (C=O) groups excluding carboxylic acids is 1. The van der Waals surface area contributed by atoms with Crippen molar-refractivity contribution >= 4 is 12.0 Å². The van der Waals surface area contributed by atoms with Crippen LogP contribution < -0.4 is 5.32 Å². The molecule has 3 aliphatic rings. The number of nitrogens with zero attached hydrogens (tertiary/aromatic N) is 3. The Balaban J connectivity index is 1.43. The predicted octanol–water partition coefficient (Wildman–Crippen LogP) is 1.98. The number of aromatic nitrogens is 2. The van der Waals surface area contributed by atoms with E-state index in [2.05, 4.69) is 15.3 Å². The molecule has 0 radical (unpaired) electrons. The molecule has 6 heteroatoms. The van der Waals surface area contributed by atoms with Crippen LogP contribution in [-0.4, -0.2) is 45.7 Å². The average molecular weight is 302 g/mol. The molecule has 0 bridgehead atoms. The van der Waals surface area contributed by atoms with Crippen LogP contribution in [0.1, 0.15) is 43.7 Å².